The van der Waals surface area contributed by atoms with E-state index in [9.17, 15) is 4.79 Å². The Morgan fingerprint density at radius 1 is 1.20 bits per heavy atom. The van der Waals surface area contributed by atoms with Gasteiger partial charge in [-0.25, -0.2) is 0 Å². The maximum atomic E-state index is 12.5. The van der Waals surface area contributed by atoms with Gasteiger partial charge in [0.2, 0.25) is 0 Å². The van der Waals surface area contributed by atoms with Crippen LogP contribution in [-0.2, 0) is 0 Å². The molecule has 0 radical (unpaired) electrons. The number of β-amino-alcohol motifs (C(OH)–C–C–N with tert-alkyl or cyclic N) is 1. The highest BCUT2D eigenvalue weighted by Gasteiger charge is 2.19. The minimum absolute atomic E-state index is 0.114. The Kier molecular flexibility index (Phi) is 5.88. The Morgan fingerprint density at radius 2 is 1.95 bits per heavy atom. The van der Waals surface area contributed by atoms with E-state index in [-0.39, 0.29) is 12.5 Å². The predicted octanol–water partition coefficient (Wildman–Crippen LogP) is 1.55. The van der Waals surface area contributed by atoms with Crippen LogP contribution < -0.4 is 0 Å². The van der Waals surface area contributed by atoms with Crippen molar-refractivity contribution in [3.05, 3.63) is 29.8 Å². The number of thioether (sulfide) groups is 1. The maximum Gasteiger partial charge on any atom is 0.253 e. The standard InChI is InChI=1S/C15H22N2O2S/c1-20-14-5-3-13(4-6-14)15(19)17-8-2-7-16(9-10-17)11-12-18/h3-6,18H,2,7-12H2,1H3. The molecule has 1 N–H and O–H groups in total. The lowest BCUT2D eigenvalue weighted by Crippen LogP contribution is -2.35. The Hall–Kier alpha value is -1.04. The molecule has 0 unspecified atom stereocenters. The predicted molar refractivity (Wildman–Crippen MR) is 82.3 cm³/mol. The fourth-order valence-corrected chi connectivity index (χ4v) is 2.86. The number of carbonyl (C=O) groups excluding carboxylic acids is 1. The number of aliphatic hydroxyl groups is 1. The third-order valence-corrected chi connectivity index (χ3v) is 4.37. The molecule has 2 rings (SSSR count). The van der Waals surface area contributed by atoms with E-state index in [2.05, 4.69) is 4.90 Å². The van der Waals surface area contributed by atoms with Gasteiger partial charge in [-0.15, -0.1) is 11.8 Å². The molecule has 1 saturated heterocycles. The number of rotatable bonds is 4. The second-order valence-electron chi connectivity index (χ2n) is 4.94. The third kappa shape index (κ3) is 3.98. The molecule has 1 heterocycles. The summed E-state index contributed by atoms with van der Waals surface area (Å²) in [5.74, 6) is 0.114. The fraction of sp³-hybridized carbons (Fsp3) is 0.533. The summed E-state index contributed by atoms with van der Waals surface area (Å²) in [6.07, 6.45) is 3.00. The van der Waals surface area contributed by atoms with Crippen molar-refractivity contribution in [3.8, 4) is 0 Å². The molecular weight excluding hydrogens is 272 g/mol. The van der Waals surface area contributed by atoms with Crippen LogP contribution in [0.25, 0.3) is 0 Å². The van der Waals surface area contributed by atoms with Crippen molar-refractivity contribution in [2.24, 2.45) is 0 Å². The minimum Gasteiger partial charge on any atom is -0.395 e. The van der Waals surface area contributed by atoms with E-state index < -0.39 is 0 Å². The second kappa shape index (κ2) is 7.67. The monoisotopic (exact) mass is 294 g/mol. The largest absolute Gasteiger partial charge is 0.395 e. The summed E-state index contributed by atoms with van der Waals surface area (Å²) in [6.45, 7) is 4.22. The number of aliphatic hydroxyl groups excluding tert-OH is 1. The van der Waals surface area contributed by atoms with Crippen molar-refractivity contribution in [3.63, 3.8) is 0 Å². The van der Waals surface area contributed by atoms with Gasteiger partial charge >= 0.3 is 0 Å². The molecule has 5 heteroatoms. The summed E-state index contributed by atoms with van der Waals surface area (Å²) < 4.78 is 0. The summed E-state index contributed by atoms with van der Waals surface area (Å²) in [7, 11) is 0. The van der Waals surface area contributed by atoms with Crippen LogP contribution in [0.5, 0.6) is 0 Å². The van der Waals surface area contributed by atoms with Gasteiger partial charge in [0, 0.05) is 36.6 Å². The first-order valence-electron chi connectivity index (χ1n) is 7.01. The van der Waals surface area contributed by atoms with Gasteiger partial charge in [-0.1, -0.05) is 0 Å². The third-order valence-electron chi connectivity index (χ3n) is 3.63. The van der Waals surface area contributed by atoms with E-state index in [0.717, 1.165) is 38.2 Å². The van der Waals surface area contributed by atoms with Crippen LogP contribution >= 0.6 is 11.8 Å². The van der Waals surface area contributed by atoms with Crippen LogP contribution in [0.15, 0.2) is 29.2 Å². The molecule has 1 aliphatic heterocycles. The van der Waals surface area contributed by atoms with Gasteiger partial charge in [0.05, 0.1) is 6.61 Å². The van der Waals surface area contributed by atoms with Gasteiger partial charge in [0.25, 0.3) is 5.91 Å². The van der Waals surface area contributed by atoms with Gasteiger partial charge in [-0.05, 0) is 43.5 Å². The highest BCUT2D eigenvalue weighted by atomic mass is 32.2. The van der Waals surface area contributed by atoms with Crippen LogP contribution in [0.3, 0.4) is 0 Å². The van der Waals surface area contributed by atoms with Crippen molar-refractivity contribution in [1.82, 2.24) is 9.80 Å². The molecule has 1 aromatic rings. The molecule has 0 bridgehead atoms. The maximum absolute atomic E-state index is 12.5. The zero-order chi connectivity index (χ0) is 14.4. The smallest absolute Gasteiger partial charge is 0.253 e. The topological polar surface area (TPSA) is 43.8 Å². The summed E-state index contributed by atoms with van der Waals surface area (Å²) in [5, 5.41) is 8.99. The van der Waals surface area contributed by atoms with Crippen molar-refractivity contribution in [2.75, 3.05) is 45.6 Å². The molecule has 4 nitrogen and oxygen atoms in total. The Bertz CT molecular complexity index is 436. The summed E-state index contributed by atoms with van der Waals surface area (Å²) in [6, 6.07) is 7.80. The zero-order valence-electron chi connectivity index (χ0n) is 11.9. The first-order valence-corrected chi connectivity index (χ1v) is 8.23. The van der Waals surface area contributed by atoms with Gasteiger partial charge in [-0.3, -0.25) is 9.69 Å². The number of hydrogen-bond acceptors (Lipinski definition) is 4. The van der Waals surface area contributed by atoms with Crippen LogP contribution in [0.1, 0.15) is 16.8 Å². The Labute approximate surface area is 124 Å². The van der Waals surface area contributed by atoms with Crippen molar-refractivity contribution >= 4 is 17.7 Å². The van der Waals surface area contributed by atoms with E-state index in [4.69, 9.17) is 5.11 Å². The number of carbonyl (C=O) groups is 1. The average molecular weight is 294 g/mol. The van der Waals surface area contributed by atoms with Gasteiger partial charge < -0.3 is 10.0 Å². The first kappa shape index (κ1) is 15.4. The van der Waals surface area contributed by atoms with Gasteiger partial charge in [0.1, 0.15) is 0 Å². The van der Waals surface area contributed by atoms with Crippen molar-refractivity contribution in [1.29, 1.82) is 0 Å². The molecule has 1 amide bonds. The Balaban J connectivity index is 1.97. The SMILES string of the molecule is CSc1ccc(C(=O)N2CCCN(CCO)CC2)cc1. The average Bonchev–Trinajstić information content (AvgIpc) is 2.73. The van der Waals surface area contributed by atoms with Crippen molar-refractivity contribution < 1.29 is 9.90 Å². The molecule has 20 heavy (non-hydrogen) atoms. The highest BCUT2D eigenvalue weighted by molar-refractivity contribution is 7.98. The molecule has 1 fully saturated rings. The first-order chi connectivity index (χ1) is 9.74. The van der Waals surface area contributed by atoms with Crippen LogP contribution in [-0.4, -0.2) is 66.4 Å². The molecule has 1 aromatic carbocycles. The van der Waals surface area contributed by atoms with E-state index in [1.165, 1.54) is 4.90 Å². The normalized spacial score (nSPS) is 17.0. The van der Waals surface area contributed by atoms with Gasteiger partial charge in [0.15, 0.2) is 0 Å². The van der Waals surface area contributed by atoms with Gasteiger partial charge in [-0.2, -0.15) is 0 Å². The number of hydrogen-bond donors (Lipinski definition) is 1. The summed E-state index contributed by atoms with van der Waals surface area (Å²) in [5.41, 5.74) is 0.762. The Morgan fingerprint density at radius 3 is 2.60 bits per heavy atom. The molecule has 110 valence electrons. The molecule has 0 aromatic heterocycles. The quantitative estimate of drug-likeness (QED) is 0.856. The highest BCUT2D eigenvalue weighted by Crippen LogP contribution is 2.16. The lowest BCUT2D eigenvalue weighted by atomic mass is 10.2. The number of benzene rings is 1. The molecule has 0 aliphatic carbocycles. The van der Waals surface area contributed by atoms with Crippen LogP contribution in [0.2, 0.25) is 0 Å². The van der Waals surface area contributed by atoms with Crippen molar-refractivity contribution in [2.45, 2.75) is 11.3 Å². The number of nitrogens with zero attached hydrogens (tertiary/aromatic N) is 2. The van der Waals surface area contributed by atoms with Crippen LogP contribution in [0, 0.1) is 0 Å². The lowest BCUT2D eigenvalue weighted by molar-refractivity contribution is 0.0760. The fourth-order valence-electron chi connectivity index (χ4n) is 2.46. The zero-order valence-corrected chi connectivity index (χ0v) is 12.7. The summed E-state index contributed by atoms with van der Waals surface area (Å²) >= 11 is 1.68. The van der Waals surface area contributed by atoms with E-state index in [1.807, 2.05) is 35.4 Å². The lowest BCUT2D eigenvalue weighted by Gasteiger charge is -2.21. The molecule has 0 spiro atoms. The molecule has 1 aliphatic rings. The van der Waals surface area contributed by atoms with E-state index >= 15 is 0 Å². The van der Waals surface area contributed by atoms with Crippen LogP contribution in [0.4, 0.5) is 0 Å². The number of amides is 1. The molecular formula is C15H22N2O2S. The minimum atomic E-state index is 0.114. The van der Waals surface area contributed by atoms with E-state index in [0.29, 0.717) is 6.54 Å². The second-order valence-corrected chi connectivity index (χ2v) is 5.82. The molecule has 0 atom stereocenters. The summed E-state index contributed by atoms with van der Waals surface area (Å²) in [4.78, 5) is 17.8. The molecule has 0 saturated carbocycles. The van der Waals surface area contributed by atoms with E-state index in [1.54, 1.807) is 11.8 Å².